The Morgan fingerprint density at radius 2 is 1.33 bits per heavy atom. The Morgan fingerprint density at radius 3 is 2.00 bits per heavy atom. The van der Waals surface area contributed by atoms with Crippen molar-refractivity contribution in [2.45, 2.75) is 13.8 Å². The quantitative estimate of drug-likeness (QED) is 0.0448. The van der Waals surface area contributed by atoms with Crippen LogP contribution in [0.3, 0.4) is 0 Å². The summed E-state index contributed by atoms with van der Waals surface area (Å²) in [5.41, 5.74) is 4.69. The molecule has 0 fully saturated rings. The molecule has 15 nitrogen and oxygen atoms in total. The van der Waals surface area contributed by atoms with E-state index in [2.05, 4.69) is 25.9 Å². The van der Waals surface area contributed by atoms with Gasteiger partial charge in [-0.15, -0.1) is 10.2 Å². The van der Waals surface area contributed by atoms with Gasteiger partial charge < -0.3 is 0 Å². The highest BCUT2D eigenvalue weighted by atomic mass is 32.2. The lowest BCUT2D eigenvalue weighted by Gasteiger charge is -2.16. The van der Waals surface area contributed by atoms with E-state index in [0.29, 0.717) is 21.7 Å². The van der Waals surface area contributed by atoms with Gasteiger partial charge in [-0.1, -0.05) is 60.7 Å². The monoisotopic (exact) mass is 727 g/mol. The molecule has 0 radical (unpaired) electrons. The summed E-state index contributed by atoms with van der Waals surface area (Å²) in [6.45, 7) is 3.45. The fourth-order valence-electron chi connectivity index (χ4n) is 5.21. The topological polar surface area (TPSA) is 231 Å². The number of hydrogen-bond donors (Lipinski definition) is 5. The predicted molar refractivity (Wildman–Crippen MR) is 188 cm³/mol. The lowest BCUT2D eigenvalue weighted by atomic mass is 9.94. The van der Waals surface area contributed by atoms with Crippen LogP contribution in [0.2, 0.25) is 0 Å². The van der Waals surface area contributed by atoms with Crippen LogP contribution in [0.4, 0.5) is 22.7 Å². The van der Waals surface area contributed by atoms with Gasteiger partial charge in [-0.25, -0.2) is 4.21 Å². The molecule has 258 valence electrons. The first-order chi connectivity index (χ1) is 24.1. The van der Waals surface area contributed by atoms with Gasteiger partial charge in [-0.2, -0.15) is 13.5 Å². The molecule has 5 N–H and O–H groups in total. The minimum absolute atomic E-state index is 0.0536. The van der Waals surface area contributed by atoms with E-state index in [1.807, 2.05) is 0 Å². The maximum Gasteiger partial charge on any atom is 0.295 e. The van der Waals surface area contributed by atoms with Crippen molar-refractivity contribution in [2.24, 2.45) is 20.4 Å². The fourth-order valence-corrected chi connectivity index (χ4v) is 6.66. The van der Waals surface area contributed by atoms with Crippen molar-refractivity contribution in [3.63, 3.8) is 0 Å². The zero-order valence-corrected chi connectivity index (χ0v) is 28.3. The molecule has 2 aliphatic rings. The van der Waals surface area contributed by atoms with E-state index in [1.54, 1.807) is 56.3 Å². The molecule has 0 aliphatic heterocycles. The largest absolute Gasteiger partial charge is 0.295 e. The van der Waals surface area contributed by atoms with Crippen LogP contribution in [0, 0.1) is 13.8 Å². The van der Waals surface area contributed by atoms with Gasteiger partial charge >= 0.3 is 0 Å². The third-order valence-electron chi connectivity index (χ3n) is 7.86. The lowest BCUT2D eigenvalue weighted by Crippen LogP contribution is -2.22. The van der Waals surface area contributed by atoms with Crippen LogP contribution in [0.5, 0.6) is 0 Å². The van der Waals surface area contributed by atoms with Crippen LogP contribution >= 0.6 is 0 Å². The van der Waals surface area contributed by atoms with E-state index >= 15 is 0 Å². The van der Waals surface area contributed by atoms with Gasteiger partial charge in [-0.3, -0.25) is 33.9 Å². The second-order valence-corrected chi connectivity index (χ2v) is 14.1. The normalized spacial score (nSPS) is 15.8. The van der Waals surface area contributed by atoms with Crippen molar-refractivity contribution >= 4 is 70.0 Å². The average molecular weight is 728 g/mol. The molecule has 0 bridgehead atoms. The SMILES string of the molecule is Cc1ccc([N+](O)=Nc2ccc(C)c(NN=C3C=C(S(=O)(=O)O)c4ccccc4C3=O)c2)cc1N=NC1=CC(=S(=O)(O)O)c2ccccc2C1=O. The molecule has 0 saturated carbocycles. The van der Waals surface area contributed by atoms with E-state index < -0.39 is 36.7 Å². The number of carbonyl (C=O) groups excluding carboxylic acids is 2. The zero-order valence-electron chi connectivity index (χ0n) is 26.6. The minimum atomic E-state index is -4.68. The highest BCUT2D eigenvalue weighted by molar-refractivity contribution is 7.95. The summed E-state index contributed by atoms with van der Waals surface area (Å²) in [6.07, 6.45) is 1.98. The number of rotatable bonds is 7. The number of carbonyl (C=O) groups is 2. The van der Waals surface area contributed by atoms with Crippen molar-refractivity contribution in [1.29, 1.82) is 0 Å². The first kappa shape index (κ1) is 34.9. The summed E-state index contributed by atoms with van der Waals surface area (Å²) in [6, 6.07) is 21.3. The number of anilines is 1. The number of azo groups is 2. The van der Waals surface area contributed by atoms with Gasteiger partial charge in [-0.05, 0) is 49.3 Å². The second kappa shape index (κ2) is 13.4. The summed E-state index contributed by atoms with van der Waals surface area (Å²) < 4.78 is 65.7. The number of nitrogens with one attached hydrogen (secondary N) is 1. The number of Topliss-reactive ketones (excluding diaryl/α,β-unsaturated/α-hetero) is 2. The van der Waals surface area contributed by atoms with Crippen LogP contribution in [-0.4, -0.2) is 58.5 Å². The smallest absolute Gasteiger partial charge is 0.293 e. The third kappa shape index (κ3) is 7.18. The number of hydrogen-bond acceptors (Lipinski definition) is 10. The molecule has 0 unspecified atom stereocenters. The third-order valence-corrected chi connectivity index (χ3v) is 9.66. The van der Waals surface area contributed by atoms with Crippen LogP contribution in [-0.2, 0) is 20.2 Å². The summed E-state index contributed by atoms with van der Waals surface area (Å²) in [4.78, 5) is 25.8. The Hall–Kier alpha value is -5.98. The molecule has 2 aliphatic carbocycles. The number of ketones is 2. The summed E-state index contributed by atoms with van der Waals surface area (Å²) >= 11 is 0. The molecule has 0 atom stereocenters. The van der Waals surface area contributed by atoms with E-state index in [-0.39, 0.29) is 55.6 Å². The van der Waals surface area contributed by atoms with Crippen molar-refractivity contribution in [1.82, 2.24) is 0 Å². The Bertz CT molecular complexity index is 2570. The Labute approximate surface area is 291 Å². The predicted octanol–water partition coefficient (Wildman–Crippen LogP) is 6.63. The molecule has 17 heteroatoms. The minimum Gasteiger partial charge on any atom is -0.293 e. The fraction of sp³-hybridized carbons (Fsp3) is 0.0588. The maximum absolute atomic E-state index is 13.1. The Morgan fingerprint density at radius 1 is 0.706 bits per heavy atom. The van der Waals surface area contributed by atoms with Gasteiger partial charge in [0.1, 0.15) is 26.9 Å². The van der Waals surface area contributed by atoms with Crippen molar-refractivity contribution in [3.05, 3.63) is 136 Å². The lowest BCUT2D eigenvalue weighted by molar-refractivity contribution is -0.761. The average Bonchev–Trinajstić information content (AvgIpc) is 3.08. The summed E-state index contributed by atoms with van der Waals surface area (Å²) in [5, 5.41) is 27.3. The van der Waals surface area contributed by atoms with Crippen molar-refractivity contribution in [3.8, 4) is 0 Å². The Balaban J connectivity index is 1.27. The van der Waals surface area contributed by atoms with Gasteiger partial charge in [0, 0.05) is 34.4 Å². The number of aryl methyl sites for hydroxylation is 2. The molecular weight excluding hydrogens is 701 g/mol. The highest BCUT2D eigenvalue weighted by Crippen LogP contribution is 2.31. The van der Waals surface area contributed by atoms with E-state index in [1.165, 1.54) is 42.5 Å². The van der Waals surface area contributed by atoms with E-state index in [9.17, 15) is 41.1 Å². The van der Waals surface area contributed by atoms with Crippen LogP contribution in [0.15, 0.2) is 123 Å². The zero-order chi connectivity index (χ0) is 36.7. The first-order valence-corrected chi connectivity index (χ1v) is 17.8. The number of fused-ring (bicyclic) bond motifs is 2. The standard InChI is InChI=1S/C34H26N6O9S2/c1-19-11-13-21(15-27(19)35-37-29-17-31(50(44,45)46)23-7-3-5-9-25(23)33(29)41)39-40(43)22-14-12-20(2)28(16-22)36-38-30-18-32(51(47,48)49)24-8-4-6-10-26(24)34(30)42/h3-18H,1-2H3,(H4-,35,36,39,41,42,43,44,45,46,47,48,49)/p+1. The molecular formula is C34H27N6O9S2+. The van der Waals surface area contributed by atoms with Crippen LogP contribution in [0.25, 0.3) is 4.91 Å². The molecule has 6 rings (SSSR count). The Kier molecular flexibility index (Phi) is 9.15. The second-order valence-electron chi connectivity index (χ2n) is 11.3. The molecule has 4 aromatic carbocycles. The number of nitrogens with zero attached hydrogens (tertiary/aromatic N) is 5. The molecule has 0 spiro atoms. The summed E-state index contributed by atoms with van der Waals surface area (Å²) in [5.74, 6) is -1.14. The maximum atomic E-state index is 13.1. The van der Waals surface area contributed by atoms with E-state index in [0.717, 1.165) is 12.2 Å². The van der Waals surface area contributed by atoms with E-state index in [4.69, 9.17) is 0 Å². The molecule has 0 aromatic heterocycles. The van der Waals surface area contributed by atoms with Crippen LogP contribution in [0.1, 0.15) is 43.0 Å². The van der Waals surface area contributed by atoms with Gasteiger partial charge in [0.15, 0.2) is 0 Å². The van der Waals surface area contributed by atoms with Crippen molar-refractivity contribution in [2.75, 3.05) is 5.43 Å². The molecule has 51 heavy (non-hydrogen) atoms. The molecule has 0 saturated heterocycles. The number of hydrazone groups is 1. The molecule has 0 amide bonds. The number of allylic oxidation sites excluding steroid dienone is 3. The highest BCUT2D eigenvalue weighted by Gasteiger charge is 2.30. The molecule has 0 heterocycles. The first-order valence-electron chi connectivity index (χ1n) is 14.8. The van der Waals surface area contributed by atoms with Gasteiger partial charge in [0.05, 0.1) is 21.4 Å². The number of benzene rings is 4. The summed E-state index contributed by atoms with van der Waals surface area (Å²) in [7, 11) is -9.12. The molecule has 4 aromatic rings. The van der Waals surface area contributed by atoms with Crippen molar-refractivity contribution < 1.29 is 45.9 Å². The van der Waals surface area contributed by atoms with Gasteiger partial charge in [0.25, 0.3) is 15.8 Å². The van der Waals surface area contributed by atoms with Crippen LogP contribution < -0.4 is 5.43 Å². The van der Waals surface area contributed by atoms with Gasteiger partial charge in [0.2, 0.25) is 21.6 Å².